The third-order valence-corrected chi connectivity index (χ3v) is 7.08. The lowest BCUT2D eigenvalue weighted by atomic mass is 9.93. The van der Waals surface area contributed by atoms with Crippen molar-refractivity contribution in [3.05, 3.63) is 58.4 Å². The van der Waals surface area contributed by atoms with Gasteiger partial charge in [0.15, 0.2) is 5.75 Å². The third kappa shape index (κ3) is 7.30. The van der Waals surface area contributed by atoms with E-state index in [0.29, 0.717) is 29.9 Å². The number of anilines is 2. The number of hydrogen-bond donors (Lipinski definition) is 1. The Labute approximate surface area is 258 Å². The van der Waals surface area contributed by atoms with Crippen molar-refractivity contribution in [1.82, 2.24) is 15.0 Å². The fourth-order valence-electron chi connectivity index (χ4n) is 5.09. The fourth-order valence-corrected chi connectivity index (χ4v) is 5.09. The van der Waals surface area contributed by atoms with Gasteiger partial charge in [-0.1, -0.05) is 6.92 Å². The molecule has 2 atom stereocenters. The Balaban J connectivity index is 1.83. The van der Waals surface area contributed by atoms with E-state index in [1.54, 1.807) is 19.1 Å². The molecule has 3 heterocycles. The van der Waals surface area contributed by atoms with Gasteiger partial charge in [0.2, 0.25) is 23.7 Å². The SMILES string of the molecule is CCOC(=O)N1c2ccc(OC)nc2[C@@H](Nc2nc(Cc3cc(C(F)(F)F)cc(C(F)(F)F)c3)c(OC)c(N=C=O)n2)C[C@H]1CC. The number of aromatic nitrogens is 3. The minimum atomic E-state index is -5.07. The number of methoxy groups -OCH3 is 2. The maximum absolute atomic E-state index is 13.5. The number of carbonyl (C=O) groups excluding carboxylic acids is 2. The molecule has 46 heavy (non-hydrogen) atoms. The largest absolute Gasteiger partial charge is 0.491 e. The Morgan fingerprint density at radius 3 is 2.24 bits per heavy atom. The van der Waals surface area contributed by atoms with E-state index in [4.69, 9.17) is 14.2 Å². The molecule has 3 aromatic rings. The van der Waals surface area contributed by atoms with Gasteiger partial charge < -0.3 is 19.5 Å². The Bertz CT molecular complexity index is 1610. The summed E-state index contributed by atoms with van der Waals surface area (Å²) in [6.45, 7) is 3.66. The molecular weight excluding hydrogens is 626 g/mol. The number of nitrogens with one attached hydrogen (secondary N) is 1. The number of alkyl halides is 6. The number of isocyanates is 1. The Kier molecular flexibility index (Phi) is 10.0. The second kappa shape index (κ2) is 13.6. The molecule has 1 N–H and O–H groups in total. The normalized spacial score (nSPS) is 16.3. The molecule has 246 valence electrons. The van der Waals surface area contributed by atoms with E-state index in [1.165, 1.54) is 18.1 Å². The van der Waals surface area contributed by atoms with Gasteiger partial charge in [-0.2, -0.15) is 31.3 Å². The molecule has 0 aliphatic carbocycles. The standard InChI is InChI=1S/C29H28F6N6O5/c1-5-18-13-19(23-21(7-8-22(39-23)44-3)41(18)27(43)46-6-2)37-26-38-20(24(45-4)25(40-26)36-14-42)11-15-9-16(28(30,31)32)12-17(10-15)29(33,34)35/h7-10,12,18-19H,5-6,11,13H2,1-4H3,(H,37,38,40)/t18-,19+/m1/s1. The maximum Gasteiger partial charge on any atom is 0.416 e. The highest BCUT2D eigenvalue weighted by Crippen LogP contribution is 2.42. The van der Waals surface area contributed by atoms with Gasteiger partial charge >= 0.3 is 18.4 Å². The molecule has 1 aliphatic heterocycles. The van der Waals surface area contributed by atoms with Gasteiger partial charge in [0, 0.05) is 18.5 Å². The number of fused-ring (bicyclic) bond motifs is 1. The quantitative estimate of drug-likeness (QED) is 0.151. The van der Waals surface area contributed by atoms with Crippen LogP contribution in [0.2, 0.25) is 0 Å². The maximum atomic E-state index is 13.5. The Hall–Kier alpha value is -4.92. The molecule has 0 radical (unpaired) electrons. The van der Waals surface area contributed by atoms with Crippen molar-refractivity contribution in [2.75, 3.05) is 31.0 Å². The summed E-state index contributed by atoms with van der Waals surface area (Å²) in [4.78, 5) is 42.2. The highest BCUT2D eigenvalue weighted by atomic mass is 19.4. The van der Waals surface area contributed by atoms with Gasteiger partial charge in [0.25, 0.3) is 0 Å². The topological polar surface area (TPSA) is 128 Å². The van der Waals surface area contributed by atoms with E-state index in [0.717, 1.165) is 7.11 Å². The summed E-state index contributed by atoms with van der Waals surface area (Å²) in [5.41, 5.74) is -2.84. The number of nitrogens with zero attached hydrogens (tertiary/aromatic N) is 5. The second-order valence-electron chi connectivity index (χ2n) is 9.97. The number of benzene rings is 1. The zero-order chi connectivity index (χ0) is 33.8. The number of carbonyl (C=O) groups is 1. The zero-order valence-electron chi connectivity index (χ0n) is 24.9. The number of aliphatic imine (C=N–C) groups is 1. The van der Waals surface area contributed by atoms with Crippen LogP contribution in [0.15, 0.2) is 35.3 Å². The van der Waals surface area contributed by atoms with Gasteiger partial charge in [-0.25, -0.2) is 19.6 Å². The molecule has 1 aliphatic rings. The van der Waals surface area contributed by atoms with Gasteiger partial charge in [-0.05, 0) is 49.6 Å². The van der Waals surface area contributed by atoms with Crippen molar-refractivity contribution in [3.8, 4) is 11.6 Å². The van der Waals surface area contributed by atoms with Crippen molar-refractivity contribution >= 4 is 29.6 Å². The number of pyridine rings is 1. The van der Waals surface area contributed by atoms with Crippen LogP contribution in [0.4, 0.5) is 48.6 Å². The van der Waals surface area contributed by atoms with Gasteiger partial charge in [-0.15, -0.1) is 4.99 Å². The summed E-state index contributed by atoms with van der Waals surface area (Å²) in [7, 11) is 2.55. The molecule has 0 saturated heterocycles. The summed E-state index contributed by atoms with van der Waals surface area (Å²) in [5, 5.41) is 3.07. The molecule has 11 nitrogen and oxygen atoms in total. The average Bonchev–Trinajstić information content (AvgIpc) is 2.99. The average molecular weight is 655 g/mol. The van der Waals surface area contributed by atoms with Crippen molar-refractivity contribution in [1.29, 1.82) is 0 Å². The van der Waals surface area contributed by atoms with Crippen molar-refractivity contribution in [2.24, 2.45) is 4.99 Å². The molecule has 4 rings (SSSR count). The van der Waals surface area contributed by atoms with Gasteiger partial charge in [0.1, 0.15) is 0 Å². The molecule has 0 saturated carbocycles. The van der Waals surface area contributed by atoms with Crippen molar-refractivity contribution < 1.29 is 50.1 Å². The number of hydrogen-bond acceptors (Lipinski definition) is 10. The molecule has 0 spiro atoms. The van der Waals surface area contributed by atoms with Crippen LogP contribution in [-0.2, 0) is 28.3 Å². The van der Waals surface area contributed by atoms with Crippen molar-refractivity contribution in [2.45, 2.75) is 57.5 Å². The van der Waals surface area contributed by atoms with Crippen LogP contribution < -0.4 is 19.7 Å². The van der Waals surface area contributed by atoms with Crippen LogP contribution >= 0.6 is 0 Å². The summed E-state index contributed by atoms with van der Waals surface area (Å²) in [6.07, 6.45) is -9.26. The number of rotatable bonds is 9. The predicted molar refractivity (Wildman–Crippen MR) is 151 cm³/mol. The van der Waals surface area contributed by atoms with E-state index in [-0.39, 0.29) is 48.2 Å². The number of amides is 1. The van der Waals surface area contributed by atoms with E-state index in [9.17, 15) is 35.9 Å². The van der Waals surface area contributed by atoms with Crippen LogP contribution in [0.1, 0.15) is 60.8 Å². The zero-order valence-corrected chi connectivity index (χ0v) is 24.9. The highest BCUT2D eigenvalue weighted by molar-refractivity contribution is 5.90. The minimum absolute atomic E-state index is 0.0152. The van der Waals surface area contributed by atoms with Crippen molar-refractivity contribution in [3.63, 3.8) is 0 Å². The van der Waals surface area contributed by atoms with E-state index >= 15 is 0 Å². The smallest absolute Gasteiger partial charge is 0.416 e. The van der Waals surface area contributed by atoms with Crippen LogP contribution in [0, 0.1) is 0 Å². The predicted octanol–water partition coefficient (Wildman–Crippen LogP) is 6.78. The first-order valence-corrected chi connectivity index (χ1v) is 13.8. The van der Waals surface area contributed by atoms with Gasteiger partial charge in [0.05, 0.1) is 55.1 Å². The molecular formula is C29H28F6N6O5. The Morgan fingerprint density at radius 2 is 1.70 bits per heavy atom. The minimum Gasteiger partial charge on any atom is -0.491 e. The van der Waals surface area contributed by atoms with E-state index in [2.05, 4.69) is 25.3 Å². The van der Waals surface area contributed by atoms with Gasteiger partial charge in [-0.3, -0.25) is 4.90 Å². The summed E-state index contributed by atoms with van der Waals surface area (Å²) in [5.74, 6) is -0.615. The second-order valence-corrected chi connectivity index (χ2v) is 9.97. The number of ether oxygens (including phenoxy) is 3. The summed E-state index contributed by atoms with van der Waals surface area (Å²) < 4.78 is 97.0. The first-order chi connectivity index (χ1) is 21.7. The molecule has 2 aromatic heterocycles. The number of halogens is 6. The van der Waals surface area contributed by atoms with E-state index < -0.39 is 53.6 Å². The lowest BCUT2D eigenvalue weighted by Crippen LogP contribution is -2.46. The van der Waals surface area contributed by atoms with Crippen LogP contribution in [0.5, 0.6) is 11.6 Å². The molecule has 0 unspecified atom stereocenters. The lowest BCUT2D eigenvalue weighted by Gasteiger charge is -2.39. The molecule has 17 heteroatoms. The third-order valence-electron chi connectivity index (χ3n) is 7.08. The van der Waals surface area contributed by atoms with E-state index in [1.807, 2.05) is 6.92 Å². The molecule has 1 amide bonds. The van der Waals surface area contributed by atoms with Crippen LogP contribution in [0.25, 0.3) is 0 Å². The summed E-state index contributed by atoms with van der Waals surface area (Å²) in [6, 6.07) is 3.25. The molecule has 1 aromatic carbocycles. The summed E-state index contributed by atoms with van der Waals surface area (Å²) >= 11 is 0. The molecule has 0 fully saturated rings. The lowest BCUT2D eigenvalue weighted by molar-refractivity contribution is -0.143. The monoisotopic (exact) mass is 654 g/mol. The molecule has 0 bridgehead atoms. The highest BCUT2D eigenvalue weighted by Gasteiger charge is 2.39. The fraction of sp³-hybridized carbons (Fsp3) is 0.414. The van der Waals surface area contributed by atoms with Crippen LogP contribution in [-0.4, -0.2) is 54.0 Å². The first-order valence-electron chi connectivity index (χ1n) is 13.8. The van der Waals surface area contributed by atoms with Crippen LogP contribution in [0.3, 0.4) is 0 Å². The Morgan fingerprint density at radius 1 is 1.02 bits per heavy atom. The first kappa shape index (κ1) is 34.0.